The Bertz CT molecular complexity index is 760. The summed E-state index contributed by atoms with van der Waals surface area (Å²) in [6.45, 7) is 2.56. The van der Waals surface area contributed by atoms with Gasteiger partial charge >= 0.3 is 5.97 Å². The number of aromatic nitrogens is 2. The van der Waals surface area contributed by atoms with Gasteiger partial charge in [0.15, 0.2) is 12.4 Å². The van der Waals surface area contributed by atoms with E-state index in [4.69, 9.17) is 4.74 Å². The molecular weight excluding hydrogens is 306 g/mol. The van der Waals surface area contributed by atoms with Crippen molar-refractivity contribution >= 4 is 22.8 Å². The van der Waals surface area contributed by atoms with Crippen LogP contribution in [0.15, 0.2) is 24.3 Å². The lowest BCUT2D eigenvalue weighted by Crippen LogP contribution is -2.36. The Kier molecular flexibility index (Phi) is 5.03. The number of para-hydroxylation sites is 1. The number of ether oxygens (including phenoxy) is 1. The van der Waals surface area contributed by atoms with Gasteiger partial charge in [-0.05, 0) is 25.8 Å². The fourth-order valence-corrected chi connectivity index (χ4v) is 2.91. The number of aryl methyl sites for hydroxylation is 1. The van der Waals surface area contributed by atoms with E-state index in [1.165, 1.54) is 0 Å². The Balaban J connectivity index is 1.61. The number of nitrogens with zero attached hydrogens (tertiary/aromatic N) is 3. The summed E-state index contributed by atoms with van der Waals surface area (Å²) in [7, 11) is 0. The zero-order valence-corrected chi connectivity index (χ0v) is 13.8. The average Bonchev–Trinajstić information content (AvgIpc) is 2.78. The number of hydrogen-bond acceptors (Lipinski definition) is 5. The lowest BCUT2D eigenvalue weighted by Gasteiger charge is -2.19. The van der Waals surface area contributed by atoms with Gasteiger partial charge < -0.3 is 9.64 Å². The molecule has 0 atom stereocenters. The van der Waals surface area contributed by atoms with E-state index in [-0.39, 0.29) is 19.1 Å². The van der Waals surface area contributed by atoms with Crippen LogP contribution in [0.5, 0.6) is 0 Å². The molecule has 6 nitrogen and oxygen atoms in total. The summed E-state index contributed by atoms with van der Waals surface area (Å²) >= 11 is 0. The second-order valence-electron chi connectivity index (χ2n) is 6.03. The van der Waals surface area contributed by atoms with Crippen molar-refractivity contribution in [2.24, 2.45) is 0 Å². The maximum absolute atomic E-state index is 12.0. The summed E-state index contributed by atoms with van der Waals surface area (Å²) in [6.07, 6.45) is 3.38. The lowest BCUT2D eigenvalue weighted by molar-refractivity contribution is -0.150. The molecule has 126 valence electrons. The Morgan fingerprint density at radius 3 is 2.92 bits per heavy atom. The third kappa shape index (κ3) is 3.88. The topological polar surface area (TPSA) is 72.4 Å². The van der Waals surface area contributed by atoms with Gasteiger partial charge in [-0.15, -0.1) is 0 Å². The first-order chi connectivity index (χ1) is 11.6. The van der Waals surface area contributed by atoms with E-state index in [0.717, 1.165) is 35.9 Å². The van der Waals surface area contributed by atoms with E-state index in [1.54, 1.807) is 4.90 Å². The first-order valence-corrected chi connectivity index (χ1v) is 8.29. The van der Waals surface area contributed by atoms with Crippen LogP contribution in [0.1, 0.15) is 37.2 Å². The van der Waals surface area contributed by atoms with Gasteiger partial charge in [-0.25, -0.2) is 9.97 Å². The Morgan fingerprint density at radius 2 is 2.04 bits per heavy atom. The SMILES string of the molecule is Cc1nc(COC(=O)CN2CCCCCC2=O)nc2ccccc12. The van der Waals surface area contributed by atoms with Crippen LogP contribution < -0.4 is 0 Å². The summed E-state index contributed by atoms with van der Waals surface area (Å²) in [5.41, 5.74) is 1.69. The van der Waals surface area contributed by atoms with Gasteiger partial charge in [-0.1, -0.05) is 24.6 Å². The van der Waals surface area contributed by atoms with E-state index in [1.807, 2.05) is 31.2 Å². The highest BCUT2D eigenvalue weighted by Gasteiger charge is 2.20. The van der Waals surface area contributed by atoms with Crippen molar-refractivity contribution in [3.05, 3.63) is 35.8 Å². The summed E-state index contributed by atoms with van der Waals surface area (Å²) in [4.78, 5) is 34.3. The van der Waals surface area contributed by atoms with Crippen LogP contribution in [0.25, 0.3) is 10.9 Å². The molecule has 6 heteroatoms. The van der Waals surface area contributed by atoms with Crippen LogP contribution >= 0.6 is 0 Å². The van der Waals surface area contributed by atoms with Gasteiger partial charge in [-0.3, -0.25) is 9.59 Å². The van der Waals surface area contributed by atoms with Crippen LogP contribution in [0.4, 0.5) is 0 Å². The second kappa shape index (κ2) is 7.38. The van der Waals surface area contributed by atoms with Crippen LogP contribution in [-0.4, -0.2) is 39.8 Å². The van der Waals surface area contributed by atoms with Crippen LogP contribution in [0, 0.1) is 6.92 Å². The van der Waals surface area contributed by atoms with E-state index in [0.29, 0.717) is 18.8 Å². The van der Waals surface area contributed by atoms with Crippen molar-refractivity contribution in [3.63, 3.8) is 0 Å². The monoisotopic (exact) mass is 327 g/mol. The summed E-state index contributed by atoms with van der Waals surface area (Å²) < 4.78 is 5.27. The quantitative estimate of drug-likeness (QED) is 0.806. The zero-order chi connectivity index (χ0) is 16.9. The minimum absolute atomic E-state index is 0.00535. The standard InChI is InChI=1S/C18H21N3O3/c1-13-14-7-4-5-8-15(14)20-16(19-13)12-24-18(23)11-21-10-6-2-3-9-17(21)22/h4-5,7-8H,2-3,6,9-12H2,1H3. The number of carbonyl (C=O) groups excluding carboxylic acids is 2. The maximum Gasteiger partial charge on any atom is 0.326 e. The summed E-state index contributed by atoms with van der Waals surface area (Å²) in [5, 5.41) is 0.989. The molecule has 1 fully saturated rings. The predicted octanol–water partition coefficient (Wildman–Crippen LogP) is 2.38. The molecule has 1 aromatic carbocycles. The molecule has 0 saturated carbocycles. The molecule has 1 aliphatic heterocycles. The molecule has 1 aliphatic rings. The molecule has 0 spiro atoms. The highest BCUT2D eigenvalue weighted by molar-refractivity contribution is 5.82. The maximum atomic E-state index is 12.0. The molecule has 0 N–H and O–H groups in total. The summed E-state index contributed by atoms with van der Waals surface area (Å²) in [6, 6.07) is 7.72. The van der Waals surface area contributed by atoms with Crippen LogP contribution in [-0.2, 0) is 20.9 Å². The molecule has 0 radical (unpaired) electrons. The molecule has 2 aromatic rings. The zero-order valence-electron chi connectivity index (χ0n) is 13.8. The number of carbonyl (C=O) groups is 2. The molecule has 0 aliphatic carbocycles. The average molecular weight is 327 g/mol. The van der Waals surface area contributed by atoms with Gasteiger partial charge in [-0.2, -0.15) is 0 Å². The normalized spacial score (nSPS) is 15.4. The number of rotatable bonds is 4. The number of esters is 1. The Labute approximate surface area is 140 Å². The molecule has 2 heterocycles. The number of hydrogen-bond donors (Lipinski definition) is 0. The molecule has 1 amide bonds. The lowest BCUT2D eigenvalue weighted by atomic mass is 10.2. The van der Waals surface area contributed by atoms with E-state index < -0.39 is 5.97 Å². The van der Waals surface area contributed by atoms with Gasteiger partial charge in [0, 0.05) is 24.0 Å². The fourth-order valence-electron chi connectivity index (χ4n) is 2.91. The van der Waals surface area contributed by atoms with E-state index in [2.05, 4.69) is 9.97 Å². The highest BCUT2D eigenvalue weighted by Crippen LogP contribution is 2.15. The molecule has 0 bridgehead atoms. The number of amides is 1. The smallest absolute Gasteiger partial charge is 0.326 e. The van der Waals surface area contributed by atoms with Crippen molar-refractivity contribution in [2.45, 2.75) is 39.2 Å². The first kappa shape index (κ1) is 16.4. The number of benzene rings is 1. The minimum atomic E-state index is -0.417. The van der Waals surface area contributed by atoms with Crippen molar-refractivity contribution in [1.82, 2.24) is 14.9 Å². The second-order valence-corrected chi connectivity index (χ2v) is 6.03. The van der Waals surface area contributed by atoms with Gasteiger partial charge in [0.25, 0.3) is 0 Å². The fraction of sp³-hybridized carbons (Fsp3) is 0.444. The number of fused-ring (bicyclic) bond motifs is 1. The van der Waals surface area contributed by atoms with Gasteiger partial charge in [0.1, 0.15) is 6.54 Å². The molecule has 0 unspecified atom stereocenters. The largest absolute Gasteiger partial charge is 0.456 e. The third-order valence-corrected chi connectivity index (χ3v) is 4.19. The minimum Gasteiger partial charge on any atom is -0.456 e. The summed E-state index contributed by atoms with van der Waals surface area (Å²) in [5.74, 6) is 0.0867. The van der Waals surface area contributed by atoms with E-state index in [9.17, 15) is 9.59 Å². The van der Waals surface area contributed by atoms with Crippen LogP contribution in [0.2, 0.25) is 0 Å². The molecule has 3 rings (SSSR count). The number of likely N-dealkylation sites (tertiary alicyclic amines) is 1. The van der Waals surface area contributed by atoms with Gasteiger partial charge in [0.05, 0.1) is 5.52 Å². The van der Waals surface area contributed by atoms with Crippen LogP contribution in [0.3, 0.4) is 0 Å². The Morgan fingerprint density at radius 1 is 1.21 bits per heavy atom. The molecular formula is C18H21N3O3. The molecule has 1 aromatic heterocycles. The molecule has 24 heavy (non-hydrogen) atoms. The first-order valence-electron chi connectivity index (χ1n) is 8.29. The van der Waals surface area contributed by atoms with Crippen molar-refractivity contribution in [2.75, 3.05) is 13.1 Å². The highest BCUT2D eigenvalue weighted by atomic mass is 16.5. The van der Waals surface area contributed by atoms with Gasteiger partial charge in [0.2, 0.25) is 5.91 Å². The third-order valence-electron chi connectivity index (χ3n) is 4.19. The Hall–Kier alpha value is -2.50. The van der Waals surface area contributed by atoms with Crippen molar-refractivity contribution < 1.29 is 14.3 Å². The van der Waals surface area contributed by atoms with Crippen molar-refractivity contribution in [3.8, 4) is 0 Å². The van der Waals surface area contributed by atoms with E-state index >= 15 is 0 Å². The van der Waals surface area contributed by atoms with Crippen molar-refractivity contribution in [1.29, 1.82) is 0 Å². The molecule has 1 saturated heterocycles. The predicted molar refractivity (Wildman–Crippen MR) is 89.1 cm³/mol.